The molecule has 4 nitrogen and oxygen atoms in total. The Kier molecular flexibility index (Phi) is 2.26. The molecule has 0 unspecified atom stereocenters. The van der Waals surface area contributed by atoms with Crippen molar-refractivity contribution in [3.8, 4) is 0 Å². The number of fused-ring (bicyclic) bond motifs is 1. The smallest absolute Gasteiger partial charge is 0.235 e. The summed E-state index contributed by atoms with van der Waals surface area (Å²) in [5, 5.41) is 0. The van der Waals surface area contributed by atoms with Gasteiger partial charge in [-0.2, -0.15) is 4.98 Å². The minimum absolute atomic E-state index is 0.549. The number of nitrogen functional groups attached to an aromatic ring is 1. The molecule has 0 amide bonds. The topological polar surface area (TPSA) is 56.2 Å². The first-order valence-corrected chi connectivity index (χ1v) is 5.45. The van der Waals surface area contributed by atoms with Gasteiger partial charge in [0.05, 0.1) is 0 Å². The number of nitrogens with two attached hydrogens (primary N) is 1. The summed E-state index contributed by atoms with van der Waals surface area (Å²) in [7, 11) is 0. The van der Waals surface area contributed by atoms with Crippen LogP contribution in [0, 0.1) is 0 Å². The lowest BCUT2D eigenvalue weighted by Crippen LogP contribution is -2.02. The van der Waals surface area contributed by atoms with Gasteiger partial charge >= 0.3 is 0 Å². The van der Waals surface area contributed by atoms with E-state index in [2.05, 4.69) is 22.1 Å². The number of aromatic nitrogens is 3. The minimum atomic E-state index is 0.549. The van der Waals surface area contributed by atoms with E-state index < -0.39 is 0 Å². The van der Waals surface area contributed by atoms with Crippen LogP contribution in [0.5, 0.6) is 0 Å². The summed E-state index contributed by atoms with van der Waals surface area (Å²) in [5.74, 6) is 1.19. The van der Waals surface area contributed by atoms with Crippen LogP contribution in [0.15, 0.2) is 48.9 Å². The van der Waals surface area contributed by atoms with Gasteiger partial charge in [0.25, 0.3) is 0 Å². The van der Waals surface area contributed by atoms with Crippen molar-refractivity contribution in [3.05, 3.63) is 60.0 Å². The summed E-state index contributed by atoms with van der Waals surface area (Å²) in [6.45, 7) is 0. The Morgan fingerprint density at radius 3 is 2.82 bits per heavy atom. The standard InChI is InChI=1S/C13H12N4/c14-12-11(8-10-4-2-1-3-5-10)9-17-7-6-15-13(17)16-12/h1-7,9H,8H2,(H2,14,15,16). The Morgan fingerprint density at radius 1 is 1.18 bits per heavy atom. The maximum absolute atomic E-state index is 5.93. The minimum Gasteiger partial charge on any atom is -0.383 e. The van der Waals surface area contributed by atoms with Gasteiger partial charge in [0.1, 0.15) is 5.82 Å². The molecule has 0 saturated heterocycles. The van der Waals surface area contributed by atoms with Crippen molar-refractivity contribution in [3.63, 3.8) is 0 Å². The average molecular weight is 224 g/mol. The molecule has 4 heteroatoms. The van der Waals surface area contributed by atoms with E-state index in [0.29, 0.717) is 11.6 Å². The van der Waals surface area contributed by atoms with Crippen molar-refractivity contribution in [1.82, 2.24) is 14.4 Å². The van der Waals surface area contributed by atoms with Crippen LogP contribution in [0.1, 0.15) is 11.1 Å². The van der Waals surface area contributed by atoms with Gasteiger partial charge in [-0.25, -0.2) is 4.98 Å². The number of rotatable bonds is 2. The maximum atomic E-state index is 5.93. The Hall–Kier alpha value is -2.36. The second-order valence-electron chi connectivity index (χ2n) is 3.95. The zero-order valence-corrected chi connectivity index (χ0v) is 9.24. The van der Waals surface area contributed by atoms with Gasteiger partial charge in [0, 0.05) is 30.6 Å². The van der Waals surface area contributed by atoms with Crippen LogP contribution < -0.4 is 5.73 Å². The number of anilines is 1. The van der Waals surface area contributed by atoms with E-state index in [1.54, 1.807) is 6.20 Å². The highest BCUT2D eigenvalue weighted by Crippen LogP contribution is 2.15. The van der Waals surface area contributed by atoms with Gasteiger partial charge in [0.2, 0.25) is 5.78 Å². The highest BCUT2D eigenvalue weighted by molar-refractivity contribution is 5.47. The summed E-state index contributed by atoms with van der Waals surface area (Å²) in [5.41, 5.74) is 8.17. The van der Waals surface area contributed by atoms with Crippen LogP contribution in [-0.4, -0.2) is 14.4 Å². The van der Waals surface area contributed by atoms with E-state index in [9.17, 15) is 0 Å². The molecule has 2 heterocycles. The molecular formula is C13H12N4. The fraction of sp³-hybridized carbons (Fsp3) is 0.0769. The number of hydrogen-bond acceptors (Lipinski definition) is 3. The van der Waals surface area contributed by atoms with Crippen LogP contribution in [0.3, 0.4) is 0 Å². The van der Waals surface area contributed by atoms with Crippen LogP contribution >= 0.6 is 0 Å². The highest BCUT2D eigenvalue weighted by Gasteiger charge is 2.05. The zero-order valence-electron chi connectivity index (χ0n) is 9.24. The zero-order chi connectivity index (χ0) is 11.7. The largest absolute Gasteiger partial charge is 0.383 e. The molecule has 17 heavy (non-hydrogen) atoms. The summed E-state index contributed by atoms with van der Waals surface area (Å²) in [6.07, 6.45) is 6.36. The molecule has 0 aliphatic rings. The molecule has 2 N–H and O–H groups in total. The SMILES string of the molecule is Nc1nc2nccn2cc1Cc1ccccc1. The van der Waals surface area contributed by atoms with E-state index in [4.69, 9.17) is 5.73 Å². The molecule has 0 saturated carbocycles. The van der Waals surface area contributed by atoms with Crippen molar-refractivity contribution in [2.24, 2.45) is 0 Å². The van der Waals surface area contributed by atoms with Crippen molar-refractivity contribution >= 4 is 11.6 Å². The second kappa shape index (κ2) is 3.90. The number of imidazole rings is 1. The van der Waals surface area contributed by atoms with Gasteiger partial charge in [-0.05, 0) is 5.56 Å². The van der Waals surface area contributed by atoms with E-state index in [0.717, 1.165) is 12.0 Å². The fourth-order valence-electron chi connectivity index (χ4n) is 1.86. The third-order valence-corrected chi connectivity index (χ3v) is 2.73. The normalized spacial score (nSPS) is 10.8. The molecule has 0 aliphatic carbocycles. The Balaban J connectivity index is 2.02. The number of nitrogens with zero attached hydrogens (tertiary/aromatic N) is 3. The molecule has 2 aromatic heterocycles. The van der Waals surface area contributed by atoms with E-state index >= 15 is 0 Å². The number of benzene rings is 1. The quantitative estimate of drug-likeness (QED) is 0.723. The van der Waals surface area contributed by atoms with Crippen LogP contribution in [-0.2, 0) is 6.42 Å². The molecule has 3 aromatic rings. The molecule has 1 aromatic carbocycles. The van der Waals surface area contributed by atoms with Gasteiger partial charge in [-0.1, -0.05) is 30.3 Å². The molecule has 3 rings (SSSR count). The summed E-state index contributed by atoms with van der Waals surface area (Å²) < 4.78 is 1.88. The maximum Gasteiger partial charge on any atom is 0.235 e. The van der Waals surface area contributed by atoms with Gasteiger partial charge in [-0.15, -0.1) is 0 Å². The lowest BCUT2D eigenvalue weighted by molar-refractivity contribution is 1.05. The fourth-order valence-corrected chi connectivity index (χ4v) is 1.86. The lowest BCUT2D eigenvalue weighted by Gasteiger charge is -2.05. The number of hydrogen-bond donors (Lipinski definition) is 1. The van der Waals surface area contributed by atoms with E-state index in [-0.39, 0.29) is 0 Å². The predicted octanol–water partition coefficient (Wildman–Crippen LogP) is 1.90. The van der Waals surface area contributed by atoms with Gasteiger partial charge < -0.3 is 5.73 Å². The summed E-state index contributed by atoms with van der Waals surface area (Å²) in [4.78, 5) is 8.36. The van der Waals surface area contributed by atoms with Gasteiger partial charge in [-0.3, -0.25) is 4.40 Å². The molecule has 0 atom stereocenters. The van der Waals surface area contributed by atoms with E-state index in [1.807, 2.05) is 35.0 Å². The molecule has 0 fully saturated rings. The molecule has 84 valence electrons. The molecule has 0 spiro atoms. The van der Waals surface area contributed by atoms with Crippen molar-refractivity contribution < 1.29 is 0 Å². The second-order valence-corrected chi connectivity index (χ2v) is 3.95. The Morgan fingerprint density at radius 2 is 2.00 bits per heavy atom. The first-order chi connectivity index (χ1) is 8.33. The predicted molar refractivity (Wildman–Crippen MR) is 66.6 cm³/mol. The molecule has 0 aliphatic heterocycles. The van der Waals surface area contributed by atoms with Crippen molar-refractivity contribution in [1.29, 1.82) is 0 Å². The summed E-state index contributed by atoms with van der Waals surface area (Å²) in [6, 6.07) is 10.2. The average Bonchev–Trinajstić information content (AvgIpc) is 2.78. The van der Waals surface area contributed by atoms with Crippen molar-refractivity contribution in [2.45, 2.75) is 6.42 Å². The highest BCUT2D eigenvalue weighted by atomic mass is 15.1. The van der Waals surface area contributed by atoms with Crippen LogP contribution in [0.4, 0.5) is 5.82 Å². The van der Waals surface area contributed by atoms with Crippen LogP contribution in [0.25, 0.3) is 5.78 Å². The molecule has 0 bridgehead atoms. The third kappa shape index (κ3) is 1.85. The monoisotopic (exact) mass is 224 g/mol. The van der Waals surface area contributed by atoms with Crippen molar-refractivity contribution in [2.75, 3.05) is 5.73 Å². The Bertz CT molecular complexity index is 643. The Labute approximate surface area is 98.8 Å². The van der Waals surface area contributed by atoms with Gasteiger partial charge in [0.15, 0.2) is 0 Å². The molecular weight excluding hydrogens is 212 g/mol. The molecule has 0 radical (unpaired) electrons. The first-order valence-electron chi connectivity index (χ1n) is 5.45. The first kappa shape index (κ1) is 9.84. The van der Waals surface area contributed by atoms with E-state index in [1.165, 1.54) is 5.56 Å². The summed E-state index contributed by atoms with van der Waals surface area (Å²) >= 11 is 0. The third-order valence-electron chi connectivity index (χ3n) is 2.73. The lowest BCUT2D eigenvalue weighted by atomic mass is 10.1. The van der Waals surface area contributed by atoms with Crippen LogP contribution in [0.2, 0.25) is 0 Å².